The van der Waals surface area contributed by atoms with E-state index in [4.69, 9.17) is 0 Å². The fourth-order valence-electron chi connectivity index (χ4n) is 3.92. The van der Waals surface area contributed by atoms with E-state index in [1.54, 1.807) is 11.0 Å². The Morgan fingerprint density at radius 3 is 2.46 bits per heavy atom. The Labute approximate surface area is 151 Å². The Morgan fingerprint density at radius 1 is 1.04 bits per heavy atom. The maximum Gasteiger partial charge on any atom is 0.253 e. The van der Waals surface area contributed by atoms with Crippen LogP contribution in [0.15, 0.2) is 54.6 Å². The van der Waals surface area contributed by atoms with E-state index < -0.39 is 11.4 Å². The van der Waals surface area contributed by atoms with Crippen LogP contribution >= 0.6 is 0 Å². The number of hydrogen-bond acceptors (Lipinski definition) is 3. The van der Waals surface area contributed by atoms with Crippen LogP contribution in [0.4, 0.5) is 10.1 Å². The van der Waals surface area contributed by atoms with Gasteiger partial charge in [-0.3, -0.25) is 9.59 Å². The van der Waals surface area contributed by atoms with Gasteiger partial charge in [-0.2, -0.15) is 0 Å². The summed E-state index contributed by atoms with van der Waals surface area (Å²) >= 11 is 0. The van der Waals surface area contributed by atoms with Crippen molar-refractivity contribution in [3.8, 4) is 0 Å². The Morgan fingerprint density at radius 2 is 1.77 bits per heavy atom. The molecular weight excluding hydrogens is 333 g/mol. The number of halogens is 1. The van der Waals surface area contributed by atoms with Gasteiger partial charge in [0.1, 0.15) is 11.4 Å². The zero-order valence-electron chi connectivity index (χ0n) is 14.3. The van der Waals surface area contributed by atoms with Crippen LogP contribution in [0.25, 0.3) is 0 Å². The molecule has 2 saturated heterocycles. The summed E-state index contributed by atoms with van der Waals surface area (Å²) in [5, 5.41) is 2.95. The third kappa shape index (κ3) is 2.71. The van der Waals surface area contributed by atoms with Crippen molar-refractivity contribution >= 4 is 17.5 Å². The summed E-state index contributed by atoms with van der Waals surface area (Å²) in [5.41, 5.74) is 0.715. The molecule has 1 N–H and O–H groups in total. The van der Waals surface area contributed by atoms with Gasteiger partial charge in [-0.05, 0) is 43.2 Å². The monoisotopic (exact) mass is 353 g/mol. The molecule has 2 aliphatic heterocycles. The lowest BCUT2D eigenvalue weighted by Crippen LogP contribution is -2.57. The Kier molecular flexibility index (Phi) is 4.11. The highest BCUT2D eigenvalue weighted by Gasteiger charge is 2.50. The highest BCUT2D eigenvalue weighted by Crippen LogP contribution is 2.36. The van der Waals surface area contributed by atoms with Crippen LogP contribution < -0.4 is 10.2 Å². The van der Waals surface area contributed by atoms with Crippen molar-refractivity contribution < 1.29 is 14.0 Å². The van der Waals surface area contributed by atoms with E-state index in [1.165, 1.54) is 18.2 Å². The highest BCUT2D eigenvalue weighted by atomic mass is 19.1. The number of hydrogen-bond donors (Lipinski definition) is 1. The molecule has 0 saturated carbocycles. The van der Waals surface area contributed by atoms with Crippen LogP contribution in [-0.2, 0) is 4.79 Å². The number of piperidine rings is 1. The summed E-state index contributed by atoms with van der Waals surface area (Å²) in [7, 11) is 0. The zero-order valence-corrected chi connectivity index (χ0v) is 14.3. The average Bonchev–Trinajstić information content (AvgIpc) is 2.98. The van der Waals surface area contributed by atoms with Gasteiger partial charge >= 0.3 is 0 Å². The number of anilines is 1. The van der Waals surface area contributed by atoms with Gasteiger partial charge in [0.25, 0.3) is 5.91 Å². The fraction of sp³-hybridized carbons (Fsp3) is 0.300. The largest absolute Gasteiger partial charge is 0.339 e. The first-order valence-corrected chi connectivity index (χ1v) is 8.76. The maximum atomic E-state index is 13.4. The van der Waals surface area contributed by atoms with Gasteiger partial charge in [-0.15, -0.1) is 0 Å². The smallest absolute Gasteiger partial charge is 0.253 e. The summed E-state index contributed by atoms with van der Waals surface area (Å²) in [6, 6.07) is 15.6. The quantitative estimate of drug-likeness (QED) is 0.902. The molecule has 2 heterocycles. The van der Waals surface area contributed by atoms with Crippen molar-refractivity contribution in [1.82, 2.24) is 10.2 Å². The van der Waals surface area contributed by atoms with Crippen LogP contribution in [0.1, 0.15) is 23.2 Å². The second kappa shape index (κ2) is 6.44. The second-order valence-corrected chi connectivity index (χ2v) is 6.76. The van der Waals surface area contributed by atoms with Crippen molar-refractivity contribution in [2.45, 2.75) is 18.4 Å². The topological polar surface area (TPSA) is 52.7 Å². The predicted octanol–water partition coefficient (Wildman–Crippen LogP) is 2.39. The normalized spacial score (nSPS) is 18.9. The van der Waals surface area contributed by atoms with Crippen LogP contribution in [0.3, 0.4) is 0 Å². The number of carbonyl (C=O) groups is 2. The molecule has 4 rings (SSSR count). The van der Waals surface area contributed by atoms with Crippen molar-refractivity contribution in [1.29, 1.82) is 0 Å². The van der Waals surface area contributed by atoms with Crippen molar-refractivity contribution in [3.63, 3.8) is 0 Å². The van der Waals surface area contributed by atoms with Gasteiger partial charge in [0.15, 0.2) is 0 Å². The Bertz CT molecular complexity index is 832. The van der Waals surface area contributed by atoms with E-state index in [0.29, 0.717) is 38.2 Å². The summed E-state index contributed by atoms with van der Waals surface area (Å²) in [5.74, 6) is -0.599. The summed E-state index contributed by atoms with van der Waals surface area (Å²) in [6.45, 7) is 1.40. The van der Waals surface area contributed by atoms with Crippen LogP contribution in [0.5, 0.6) is 0 Å². The number of carbonyl (C=O) groups excluding carboxylic acids is 2. The molecule has 0 atom stereocenters. The lowest BCUT2D eigenvalue weighted by molar-refractivity contribution is -0.124. The van der Waals surface area contributed by atoms with E-state index >= 15 is 0 Å². The molecule has 0 radical (unpaired) electrons. The number of likely N-dealkylation sites (tertiary alicyclic amines) is 1. The van der Waals surface area contributed by atoms with Gasteiger partial charge in [0.2, 0.25) is 5.91 Å². The third-order valence-electron chi connectivity index (χ3n) is 5.35. The molecule has 2 aromatic rings. The first-order chi connectivity index (χ1) is 12.6. The molecule has 0 aliphatic carbocycles. The van der Waals surface area contributed by atoms with Gasteiger partial charge in [-0.25, -0.2) is 4.39 Å². The molecule has 0 aromatic heterocycles. The number of benzene rings is 2. The zero-order chi connectivity index (χ0) is 18.1. The fourth-order valence-corrected chi connectivity index (χ4v) is 3.92. The van der Waals surface area contributed by atoms with Gasteiger partial charge in [0, 0.05) is 24.3 Å². The minimum atomic E-state index is -0.625. The third-order valence-corrected chi connectivity index (χ3v) is 5.35. The van der Waals surface area contributed by atoms with E-state index in [9.17, 15) is 14.0 Å². The average molecular weight is 353 g/mol. The van der Waals surface area contributed by atoms with Crippen molar-refractivity contribution in [2.75, 3.05) is 24.7 Å². The second-order valence-electron chi connectivity index (χ2n) is 6.76. The molecule has 2 aliphatic rings. The molecule has 1 spiro atoms. The van der Waals surface area contributed by atoms with Gasteiger partial charge in [-0.1, -0.05) is 24.3 Å². The number of rotatable bonds is 2. The van der Waals surface area contributed by atoms with Gasteiger partial charge < -0.3 is 15.1 Å². The predicted molar refractivity (Wildman–Crippen MR) is 96.2 cm³/mol. The molecule has 134 valence electrons. The number of nitrogens with one attached hydrogen (secondary N) is 1. The highest BCUT2D eigenvalue weighted by molar-refractivity contribution is 5.96. The molecule has 2 amide bonds. The lowest BCUT2D eigenvalue weighted by Gasteiger charge is -2.43. The standard InChI is InChI=1S/C20H20FN3O2/c21-16-6-4-5-15(13-16)18(25)23-11-9-20(10-12-23)19(26)22-14-24(20)17-7-2-1-3-8-17/h1-8,13H,9-12,14H2,(H,22,26). The minimum Gasteiger partial charge on any atom is -0.339 e. The van der Waals surface area contributed by atoms with Crippen LogP contribution in [-0.4, -0.2) is 42.0 Å². The van der Waals surface area contributed by atoms with E-state index in [1.807, 2.05) is 30.3 Å². The first kappa shape index (κ1) is 16.6. The van der Waals surface area contributed by atoms with Crippen molar-refractivity contribution in [2.24, 2.45) is 0 Å². The van der Waals surface area contributed by atoms with E-state index in [0.717, 1.165) is 5.69 Å². The molecule has 26 heavy (non-hydrogen) atoms. The molecular formula is C20H20FN3O2. The van der Waals surface area contributed by atoms with E-state index in [2.05, 4.69) is 10.2 Å². The molecule has 0 unspecified atom stereocenters. The number of amides is 2. The molecule has 6 heteroatoms. The summed E-state index contributed by atoms with van der Waals surface area (Å²) in [4.78, 5) is 29.1. The first-order valence-electron chi connectivity index (χ1n) is 8.76. The van der Waals surface area contributed by atoms with Crippen LogP contribution in [0, 0.1) is 5.82 Å². The van der Waals surface area contributed by atoms with E-state index in [-0.39, 0.29) is 11.8 Å². The number of nitrogens with zero attached hydrogens (tertiary/aromatic N) is 2. The Hall–Kier alpha value is -2.89. The molecule has 2 aromatic carbocycles. The molecule has 2 fully saturated rings. The Balaban J connectivity index is 1.53. The van der Waals surface area contributed by atoms with Crippen molar-refractivity contribution in [3.05, 3.63) is 66.0 Å². The van der Waals surface area contributed by atoms with Gasteiger partial charge in [0.05, 0.1) is 6.67 Å². The minimum absolute atomic E-state index is 0.0132. The molecule has 5 nitrogen and oxygen atoms in total. The lowest BCUT2D eigenvalue weighted by atomic mass is 9.85. The molecule has 0 bridgehead atoms. The summed E-state index contributed by atoms with van der Waals surface area (Å²) in [6.07, 6.45) is 1.10. The maximum absolute atomic E-state index is 13.4. The summed E-state index contributed by atoms with van der Waals surface area (Å²) < 4.78 is 13.4. The SMILES string of the molecule is O=C(c1cccc(F)c1)N1CCC2(CC1)C(=O)NCN2c1ccccc1. The number of para-hydroxylation sites is 1. The van der Waals surface area contributed by atoms with Crippen LogP contribution in [0.2, 0.25) is 0 Å².